The number of halogens is 1. The third-order valence-corrected chi connectivity index (χ3v) is 5.64. The van der Waals surface area contributed by atoms with Crippen molar-refractivity contribution in [1.29, 1.82) is 0 Å². The molecule has 1 fully saturated rings. The van der Waals surface area contributed by atoms with Crippen LogP contribution >= 0.6 is 0 Å². The zero-order valence-corrected chi connectivity index (χ0v) is 18.0. The maximum absolute atomic E-state index is 13.1. The van der Waals surface area contributed by atoms with Gasteiger partial charge < -0.3 is 15.5 Å². The summed E-state index contributed by atoms with van der Waals surface area (Å²) in [7, 11) is 0. The van der Waals surface area contributed by atoms with Crippen LogP contribution in [0.4, 0.5) is 15.8 Å². The zero-order chi connectivity index (χ0) is 22.5. The van der Waals surface area contributed by atoms with Gasteiger partial charge in [0, 0.05) is 36.1 Å². The van der Waals surface area contributed by atoms with Crippen molar-refractivity contribution in [2.45, 2.75) is 19.4 Å². The van der Waals surface area contributed by atoms with Gasteiger partial charge in [0.05, 0.1) is 6.54 Å². The number of hydrogen-bond acceptors (Lipinski definition) is 4. The van der Waals surface area contributed by atoms with E-state index < -0.39 is 0 Å². The van der Waals surface area contributed by atoms with Crippen molar-refractivity contribution in [3.63, 3.8) is 0 Å². The third-order valence-electron chi connectivity index (χ3n) is 5.64. The molecule has 5 nitrogen and oxygen atoms in total. The largest absolute Gasteiger partial charge is 0.370 e. The quantitative estimate of drug-likeness (QED) is 0.578. The topological polar surface area (TPSA) is 61.4 Å². The second-order valence-corrected chi connectivity index (χ2v) is 8.10. The van der Waals surface area contributed by atoms with E-state index in [-0.39, 0.29) is 17.5 Å². The summed E-state index contributed by atoms with van der Waals surface area (Å²) in [6, 6.07) is 21.6. The maximum atomic E-state index is 13.1. The van der Waals surface area contributed by atoms with E-state index in [1.165, 1.54) is 12.1 Å². The van der Waals surface area contributed by atoms with Crippen molar-refractivity contribution >= 4 is 23.1 Å². The second kappa shape index (κ2) is 9.75. The lowest BCUT2D eigenvalue weighted by atomic mass is 10.0. The number of anilines is 2. The van der Waals surface area contributed by atoms with E-state index in [0.29, 0.717) is 18.2 Å². The molecule has 1 atom stereocenters. The molecule has 1 aliphatic rings. The first-order valence-corrected chi connectivity index (χ1v) is 10.7. The number of ketones is 1. The summed E-state index contributed by atoms with van der Waals surface area (Å²) >= 11 is 0. The second-order valence-electron chi connectivity index (χ2n) is 8.10. The molecule has 6 heteroatoms. The minimum Gasteiger partial charge on any atom is -0.370 e. The van der Waals surface area contributed by atoms with Crippen LogP contribution in [0.25, 0.3) is 11.1 Å². The van der Waals surface area contributed by atoms with Crippen LogP contribution in [0, 0.1) is 5.82 Å². The van der Waals surface area contributed by atoms with Crippen LogP contribution in [0.2, 0.25) is 0 Å². The van der Waals surface area contributed by atoms with E-state index in [9.17, 15) is 14.0 Å². The van der Waals surface area contributed by atoms with Gasteiger partial charge in [0.15, 0.2) is 0 Å². The average molecular weight is 432 g/mol. The molecule has 0 aliphatic carbocycles. The Bertz CT molecular complexity index is 1080. The molecular formula is C26H26FN3O2. The summed E-state index contributed by atoms with van der Waals surface area (Å²) in [6.07, 6.45) is 1.000. The fraction of sp³-hybridized carbons (Fsp3) is 0.231. The molecule has 1 unspecified atom stereocenters. The Morgan fingerprint density at radius 3 is 2.19 bits per heavy atom. The molecular weight excluding hydrogens is 405 g/mol. The van der Waals surface area contributed by atoms with Crippen LogP contribution in [-0.2, 0) is 4.79 Å². The SMILES string of the molecule is CC(=O)CNC1CCN(c2ccc(NC(=O)c3ccc(-c4ccc(F)cc4)cc3)cc2)C1. The highest BCUT2D eigenvalue weighted by Gasteiger charge is 2.22. The Balaban J connectivity index is 1.34. The number of carbonyl (C=O) groups is 2. The van der Waals surface area contributed by atoms with E-state index in [4.69, 9.17) is 0 Å². The number of nitrogens with zero attached hydrogens (tertiary/aromatic N) is 1. The molecule has 0 spiro atoms. The number of amides is 1. The van der Waals surface area contributed by atoms with Crippen LogP contribution in [-0.4, -0.2) is 37.4 Å². The summed E-state index contributed by atoms with van der Waals surface area (Å²) in [5, 5.41) is 6.22. The highest BCUT2D eigenvalue weighted by Crippen LogP contribution is 2.24. The molecule has 1 heterocycles. The molecule has 0 radical (unpaired) electrons. The molecule has 0 bridgehead atoms. The van der Waals surface area contributed by atoms with E-state index >= 15 is 0 Å². The lowest BCUT2D eigenvalue weighted by molar-refractivity contribution is -0.116. The Morgan fingerprint density at radius 2 is 1.56 bits per heavy atom. The normalized spacial score (nSPS) is 15.6. The van der Waals surface area contributed by atoms with E-state index in [0.717, 1.165) is 42.0 Å². The molecule has 1 saturated heterocycles. The summed E-state index contributed by atoms with van der Waals surface area (Å²) in [5.41, 5.74) is 4.20. The summed E-state index contributed by atoms with van der Waals surface area (Å²) < 4.78 is 13.1. The Kier molecular flexibility index (Phi) is 6.61. The van der Waals surface area contributed by atoms with Crippen molar-refractivity contribution in [3.05, 3.63) is 84.2 Å². The smallest absolute Gasteiger partial charge is 0.255 e. The van der Waals surface area contributed by atoms with Crippen LogP contribution < -0.4 is 15.5 Å². The molecule has 32 heavy (non-hydrogen) atoms. The summed E-state index contributed by atoms with van der Waals surface area (Å²) in [5.74, 6) is -0.309. The van der Waals surface area contributed by atoms with Gasteiger partial charge in [-0.2, -0.15) is 0 Å². The standard InChI is InChI=1S/C26H26FN3O2/c1-18(31)16-28-24-14-15-30(17-24)25-12-10-23(11-13-25)29-26(32)21-4-2-19(3-5-21)20-6-8-22(27)9-7-20/h2-13,24,28H,14-17H2,1H3,(H,29,32). The predicted octanol–water partition coefficient (Wildman–Crippen LogP) is 4.50. The minimum atomic E-state index is -0.273. The first-order chi connectivity index (χ1) is 15.5. The fourth-order valence-corrected chi connectivity index (χ4v) is 3.86. The fourth-order valence-electron chi connectivity index (χ4n) is 3.86. The van der Waals surface area contributed by atoms with Crippen molar-refractivity contribution in [3.8, 4) is 11.1 Å². The average Bonchev–Trinajstić information content (AvgIpc) is 3.28. The van der Waals surface area contributed by atoms with Gasteiger partial charge in [-0.05, 0) is 73.0 Å². The summed E-state index contributed by atoms with van der Waals surface area (Å²) in [4.78, 5) is 26.0. The Labute approximate surface area is 187 Å². The Hall–Kier alpha value is -3.51. The number of hydrogen-bond donors (Lipinski definition) is 2. The highest BCUT2D eigenvalue weighted by atomic mass is 19.1. The third kappa shape index (κ3) is 5.39. The van der Waals surface area contributed by atoms with Gasteiger partial charge in [-0.3, -0.25) is 9.59 Å². The van der Waals surface area contributed by atoms with Gasteiger partial charge in [0.25, 0.3) is 5.91 Å². The van der Waals surface area contributed by atoms with Crippen LogP contribution in [0.1, 0.15) is 23.7 Å². The predicted molar refractivity (Wildman–Crippen MR) is 126 cm³/mol. The number of carbonyl (C=O) groups excluding carboxylic acids is 2. The van der Waals surface area contributed by atoms with Crippen molar-refractivity contribution in [2.24, 2.45) is 0 Å². The number of benzene rings is 3. The molecule has 1 aliphatic heterocycles. The van der Waals surface area contributed by atoms with Gasteiger partial charge in [-0.25, -0.2) is 4.39 Å². The van der Waals surface area contributed by atoms with Crippen LogP contribution in [0.5, 0.6) is 0 Å². The lowest BCUT2D eigenvalue weighted by Gasteiger charge is -2.19. The van der Waals surface area contributed by atoms with Gasteiger partial charge in [-0.15, -0.1) is 0 Å². The number of Topliss-reactive ketones (excluding diaryl/α,β-unsaturated/α-hetero) is 1. The molecule has 164 valence electrons. The first kappa shape index (κ1) is 21.7. The van der Waals surface area contributed by atoms with Gasteiger partial charge >= 0.3 is 0 Å². The zero-order valence-electron chi connectivity index (χ0n) is 18.0. The summed E-state index contributed by atoms with van der Waals surface area (Å²) in [6.45, 7) is 3.79. The number of rotatable bonds is 7. The monoisotopic (exact) mass is 431 g/mol. The van der Waals surface area contributed by atoms with Crippen LogP contribution in [0.3, 0.4) is 0 Å². The van der Waals surface area contributed by atoms with Crippen LogP contribution in [0.15, 0.2) is 72.8 Å². The van der Waals surface area contributed by atoms with E-state index in [1.807, 2.05) is 36.4 Å². The van der Waals surface area contributed by atoms with Gasteiger partial charge in [0.1, 0.15) is 11.6 Å². The number of nitrogens with one attached hydrogen (secondary N) is 2. The molecule has 0 saturated carbocycles. The molecule has 4 rings (SSSR count). The van der Waals surface area contributed by atoms with Gasteiger partial charge in [0.2, 0.25) is 0 Å². The van der Waals surface area contributed by atoms with Crippen molar-refractivity contribution in [1.82, 2.24) is 5.32 Å². The molecule has 3 aromatic carbocycles. The lowest BCUT2D eigenvalue weighted by Crippen LogP contribution is -2.35. The molecule has 2 N–H and O–H groups in total. The van der Waals surface area contributed by atoms with E-state index in [2.05, 4.69) is 15.5 Å². The van der Waals surface area contributed by atoms with E-state index in [1.54, 1.807) is 31.2 Å². The highest BCUT2D eigenvalue weighted by molar-refractivity contribution is 6.04. The van der Waals surface area contributed by atoms with Crippen molar-refractivity contribution < 1.29 is 14.0 Å². The molecule has 0 aromatic heterocycles. The Morgan fingerprint density at radius 1 is 0.938 bits per heavy atom. The first-order valence-electron chi connectivity index (χ1n) is 10.7. The molecule has 1 amide bonds. The maximum Gasteiger partial charge on any atom is 0.255 e. The minimum absolute atomic E-state index is 0.147. The molecule has 3 aromatic rings. The van der Waals surface area contributed by atoms with Gasteiger partial charge in [-0.1, -0.05) is 24.3 Å². The van der Waals surface area contributed by atoms with Crippen molar-refractivity contribution in [2.75, 3.05) is 29.9 Å².